The number of piperidine rings is 1. The number of rotatable bonds is 5. The summed E-state index contributed by atoms with van der Waals surface area (Å²) in [6, 6.07) is 7.00. The lowest BCUT2D eigenvalue weighted by Gasteiger charge is -2.63. The zero-order valence-corrected chi connectivity index (χ0v) is 24.0. The highest BCUT2D eigenvalue weighted by molar-refractivity contribution is 6.31. The number of ether oxygens (including phenoxy) is 1. The van der Waals surface area contributed by atoms with Crippen LogP contribution in [-0.4, -0.2) is 52.3 Å². The van der Waals surface area contributed by atoms with Crippen molar-refractivity contribution in [1.29, 1.82) is 5.26 Å². The Bertz CT molecular complexity index is 1240. The molecule has 3 fully saturated rings. The van der Waals surface area contributed by atoms with Crippen molar-refractivity contribution in [2.45, 2.75) is 84.5 Å². The van der Waals surface area contributed by atoms with E-state index >= 15 is 0 Å². The molecule has 1 amide bonds. The van der Waals surface area contributed by atoms with Crippen LogP contribution in [0.15, 0.2) is 30.6 Å². The van der Waals surface area contributed by atoms with Crippen molar-refractivity contribution in [2.75, 3.05) is 18.0 Å². The van der Waals surface area contributed by atoms with Gasteiger partial charge in [-0.05, 0) is 56.1 Å². The van der Waals surface area contributed by atoms with E-state index in [9.17, 15) is 9.90 Å². The lowest BCUT2D eigenvalue weighted by Crippen LogP contribution is -2.74. The Hall–Kier alpha value is -2.89. The van der Waals surface area contributed by atoms with E-state index in [0.29, 0.717) is 33.3 Å². The molecule has 2 saturated carbocycles. The van der Waals surface area contributed by atoms with Gasteiger partial charge in [-0.15, -0.1) is 0 Å². The van der Waals surface area contributed by atoms with Crippen molar-refractivity contribution < 1.29 is 14.6 Å². The van der Waals surface area contributed by atoms with E-state index in [2.05, 4.69) is 53.9 Å². The van der Waals surface area contributed by atoms with Gasteiger partial charge in [0.1, 0.15) is 17.9 Å². The van der Waals surface area contributed by atoms with Crippen molar-refractivity contribution in [3.05, 3.63) is 46.7 Å². The van der Waals surface area contributed by atoms with E-state index < -0.39 is 0 Å². The number of halogens is 1. The normalized spacial score (nSPS) is 25.4. The zero-order valence-electron chi connectivity index (χ0n) is 23.2. The van der Waals surface area contributed by atoms with Crippen LogP contribution in [0.2, 0.25) is 5.02 Å². The molecule has 2 aliphatic carbocycles. The standard InChI is InChI=1S/C30H38ClN5O3/c1-28(2)25(29(3,4)26(28)39-22-6-5-19(16-32)23(31)15-22)35-24(38)20-17-33-27(34-18-20)36-13-11-30(12-14-36)9-7-21(37)8-10-30/h5-6,15,17-18,21,25-26,37H,7-14H2,1-4H3,(H,35,38). The largest absolute Gasteiger partial charge is 0.489 e. The second-order valence-corrected chi connectivity index (χ2v) is 13.2. The highest BCUT2D eigenvalue weighted by atomic mass is 35.5. The first-order valence-electron chi connectivity index (χ1n) is 13.9. The molecule has 9 heteroatoms. The summed E-state index contributed by atoms with van der Waals surface area (Å²) in [5.41, 5.74) is 0.497. The van der Waals surface area contributed by atoms with Gasteiger partial charge < -0.3 is 20.1 Å². The Morgan fingerprint density at radius 3 is 2.28 bits per heavy atom. The van der Waals surface area contributed by atoms with Gasteiger partial charge in [0.15, 0.2) is 0 Å². The lowest BCUT2D eigenvalue weighted by atomic mass is 9.49. The Labute approximate surface area is 235 Å². The molecule has 1 saturated heterocycles. The van der Waals surface area contributed by atoms with Gasteiger partial charge in [-0.2, -0.15) is 5.26 Å². The Morgan fingerprint density at radius 1 is 1.10 bits per heavy atom. The average molecular weight is 552 g/mol. The number of aliphatic hydroxyl groups is 1. The summed E-state index contributed by atoms with van der Waals surface area (Å²) in [5.74, 6) is 1.06. The third-order valence-electron chi connectivity index (χ3n) is 9.45. The summed E-state index contributed by atoms with van der Waals surface area (Å²) in [7, 11) is 0. The molecular formula is C30H38ClN5O3. The van der Waals surface area contributed by atoms with Gasteiger partial charge in [-0.1, -0.05) is 39.3 Å². The summed E-state index contributed by atoms with van der Waals surface area (Å²) in [6.07, 6.45) is 9.13. The molecule has 39 heavy (non-hydrogen) atoms. The monoisotopic (exact) mass is 551 g/mol. The van der Waals surface area contributed by atoms with E-state index in [-0.39, 0.29) is 35.0 Å². The fourth-order valence-corrected chi connectivity index (χ4v) is 7.52. The summed E-state index contributed by atoms with van der Waals surface area (Å²) in [4.78, 5) is 24.5. The van der Waals surface area contributed by atoms with Gasteiger partial charge in [0.25, 0.3) is 5.91 Å². The van der Waals surface area contributed by atoms with E-state index in [4.69, 9.17) is 21.6 Å². The van der Waals surface area contributed by atoms with Crippen LogP contribution in [0.4, 0.5) is 5.95 Å². The van der Waals surface area contributed by atoms with Crippen LogP contribution in [-0.2, 0) is 0 Å². The van der Waals surface area contributed by atoms with Crippen molar-refractivity contribution in [3.63, 3.8) is 0 Å². The highest BCUT2D eigenvalue weighted by Gasteiger charge is 2.64. The number of hydrogen-bond donors (Lipinski definition) is 2. The second kappa shape index (κ2) is 10.3. The number of amides is 1. The molecule has 0 atom stereocenters. The zero-order chi connectivity index (χ0) is 28.0. The molecule has 1 spiro atoms. The molecule has 0 unspecified atom stereocenters. The first kappa shape index (κ1) is 27.7. The first-order chi connectivity index (χ1) is 18.4. The molecule has 1 aliphatic heterocycles. The van der Waals surface area contributed by atoms with Gasteiger partial charge >= 0.3 is 0 Å². The van der Waals surface area contributed by atoms with Crippen LogP contribution >= 0.6 is 11.6 Å². The van der Waals surface area contributed by atoms with E-state index in [1.807, 2.05) is 0 Å². The van der Waals surface area contributed by atoms with Crippen LogP contribution in [0, 0.1) is 27.6 Å². The molecule has 208 valence electrons. The number of carbonyl (C=O) groups is 1. The molecular weight excluding hydrogens is 514 g/mol. The quantitative estimate of drug-likeness (QED) is 0.529. The Morgan fingerprint density at radius 2 is 1.72 bits per heavy atom. The predicted molar refractivity (Wildman–Crippen MR) is 150 cm³/mol. The highest BCUT2D eigenvalue weighted by Crippen LogP contribution is 2.55. The number of nitrogens with one attached hydrogen (secondary N) is 1. The summed E-state index contributed by atoms with van der Waals surface area (Å²) < 4.78 is 6.32. The third kappa shape index (κ3) is 5.19. The van der Waals surface area contributed by atoms with E-state index in [1.54, 1.807) is 30.6 Å². The number of anilines is 1. The summed E-state index contributed by atoms with van der Waals surface area (Å²) in [6.45, 7) is 10.1. The maximum Gasteiger partial charge on any atom is 0.254 e. The molecule has 0 bridgehead atoms. The molecule has 2 heterocycles. The number of nitriles is 1. The molecule has 3 aliphatic rings. The van der Waals surface area contributed by atoms with Crippen LogP contribution < -0.4 is 15.0 Å². The molecule has 0 radical (unpaired) electrons. The van der Waals surface area contributed by atoms with Crippen molar-refractivity contribution >= 4 is 23.5 Å². The molecule has 1 aromatic heterocycles. The number of benzene rings is 1. The molecule has 5 rings (SSSR count). The number of aromatic nitrogens is 2. The van der Waals surface area contributed by atoms with Crippen molar-refractivity contribution in [3.8, 4) is 11.8 Å². The van der Waals surface area contributed by atoms with Gasteiger partial charge in [0, 0.05) is 48.4 Å². The molecule has 1 aromatic carbocycles. The van der Waals surface area contributed by atoms with Crippen LogP contribution in [0.1, 0.15) is 82.1 Å². The number of aliphatic hydroxyl groups excluding tert-OH is 1. The van der Waals surface area contributed by atoms with E-state index in [1.165, 1.54) is 0 Å². The summed E-state index contributed by atoms with van der Waals surface area (Å²) >= 11 is 6.20. The van der Waals surface area contributed by atoms with Crippen LogP contribution in [0.3, 0.4) is 0 Å². The molecule has 2 N–H and O–H groups in total. The fraction of sp³-hybridized carbons (Fsp3) is 0.600. The second-order valence-electron chi connectivity index (χ2n) is 12.8. The average Bonchev–Trinajstić information content (AvgIpc) is 2.92. The van der Waals surface area contributed by atoms with Crippen molar-refractivity contribution in [1.82, 2.24) is 15.3 Å². The van der Waals surface area contributed by atoms with Crippen molar-refractivity contribution in [2.24, 2.45) is 16.2 Å². The minimum absolute atomic E-state index is 0.133. The minimum atomic E-state index is -0.348. The minimum Gasteiger partial charge on any atom is -0.489 e. The fourth-order valence-electron chi connectivity index (χ4n) is 7.31. The lowest BCUT2D eigenvalue weighted by molar-refractivity contribution is -0.164. The Kier molecular flexibility index (Phi) is 7.28. The van der Waals surface area contributed by atoms with E-state index in [0.717, 1.165) is 51.6 Å². The van der Waals surface area contributed by atoms with Gasteiger partial charge in [0.2, 0.25) is 5.95 Å². The number of hydrogen-bond acceptors (Lipinski definition) is 7. The Balaban J connectivity index is 1.19. The predicted octanol–water partition coefficient (Wildman–Crippen LogP) is 5.14. The number of nitrogens with zero attached hydrogens (tertiary/aromatic N) is 4. The van der Waals surface area contributed by atoms with Crippen LogP contribution in [0.25, 0.3) is 0 Å². The number of carbonyl (C=O) groups excluding carboxylic acids is 1. The van der Waals surface area contributed by atoms with Gasteiger partial charge in [-0.3, -0.25) is 4.79 Å². The third-order valence-corrected chi connectivity index (χ3v) is 9.77. The van der Waals surface area contributed by atoms with Crippen LogP contribution in [0.5, 0.6) is 5.75 Å². The first-order valence-corrected chi connectivity index (χ1v) is 14.3. The smallest absolute Gasteiger partial charge is 0.254 e. The van der Waals surface area contributed by atoms with Gasteiger partial charge in [0.05, 0.1) is 22.3 Å². The molecule has 2 aromatic rings. The maximum absolute atomic E-state index is 13.2. The summed E-state index contributed by atoms with van der Waals surface area (Å²) in [5, 5.41) is 22.6. The van der Waals surface area contributed by atoms with Gasteiger partial charge in [-0.25, -0.2) is 9.97 Å². The molecule has 8 nitrogen and oxygen atoms in total. The topological polar surface area (TPSA) is 111 Å². The SMILES string of the molecule is CC1(C)C(NC(=O)c2cnc(N3CCC4(CCC(O)CC4)CC3)nc2)C(C)(C)C1Oc1ccc(C#N)c(Cl)c1. The maximum atomic E-state index is 13.2.